The zero-order valence-corrected chi connectivity index (χ0v) is 24.8. The summed E-state index contributed by atoms with van der Waals surface area (Å²) in [6.07, 6.45) is 2.56. The Morgan fingerprint density at radius 1 is 1.00 bits per heavy atom. The maximum atomic E-state index is 12.7. The molecule has 2 bridgehead atoms. The normalized spacial score (nSPS) is 36.5. The molecule has 1 saturated carbocycles. The van der Waals surface area contributed by atoms with Crippen LogP contribution < -0.4 is 10.6 Å². The Labute approximate surface area is 241 Å². The number of nitrogens with one attached hydrogen (secondary N) is 2. The molecule has 3 N–H and O–H groups in total. The average Bonchev–Trinajstić information content (AvgIpc) is 3.13. The Kier molecular flexibility index (Phi) is 9.98. The van der Waals surface area contributed by atoms with Gasteiger partial charge in [0.1, 0.15) is 6.04 Å². The van der Waals surface area contributed by atoms with Crippen molar-refractivity contribution in [3.8, 4) is 0 Å². The highest BCUT2D eigenvalue weighted by atomic mass is 17.3. The molecule has 41 heavy (non-hydrogen) atoms. The zero-order chi connectivity index (χ0) is 29.9. The van der Waals surface area contributed by atoms with Crippen molar-refractivity contribution < 1.29 is 48.3 Å². The first-order chi connectivity index (χ1) is 19.3. The molecule has 0 aromatic carbocycles. The second-order valence-electron chi connectivity index (χ2n) is 12.8. The molecule has 0 radical (unpaired) electrons. The summed E-state index contributed by atoms with van der Waals surface area (Å²) < 4.78 is 18.3. The molecule has 0 unspecified atom stereocenters. The largest absolute Gasteiger partial charge is 0.480 e. The Morgan fingerprint density at radius 2 is 1.76 bits per heavy atom. The second-order valence-corrected chi connectivity index (χ2v) is 12.8. The number of rotatable bonds is 12. The van der Waals surface area contributed by atoms with Gasteiger partial charge in [0.15, 0.2) is 11.9 Å². The van der Waals surface area contributed by atoms with Crippen LogP contribution in [-0.4, -0.2) is 65.4 Å². The Bertz CT molecular complexity index is 991. The van der Waals surface area contributed by atoms with E-state index in [0.717, 1.165) is 19.3 Å². The molecule has 12 nitrogen and oxygen atoms in total. The lowest BCUT2D eigenvalue weighted by Gasteiger charge is -2.59. The van der Waals surface area contributed by atoms with Crippen LogP contribution in [0.2, 0.25) is 0 Å². The van der Waals surface area contributed by atoms with Crippen LogP contribution in [0.1, 0.15) is 92.4 Å². The van der Waals surface area contributed by atoms with Gasteiger partial charge >= 0.3 is 11.9 Å². The molecule has 0 aromatic heterocycles. The number of hydrogen-bond acceptors (Lipinski definition) is 9. The molecule has 9 atom stereocenters. The summed E-state index contributed by atoms with van der Waals surface area (Å²) in [5.74, 6) is -2.61. The minimum atomic E-state index is -1.07. The standard InChI is InChI=1S/C29H46N2O10/c1-16(2)15-21(25(35)36)31-23(33)7-6-14-30-22(32)10-11-24(34)37-26-18(4)20-9-8-17(3)19-12-13-28(5)39-27(38-26)29(19,20)41-40-28/h16-21,26-27H,6-15H2,1-5H3,(H,30,32)(H,31,33)(H,35,36)/t17-,18+,19+,20+,21+,26-,27+,28+,29-/m1/s1. The molecule has 4 aliphatic heterocycles. The molecule has 1 spiro atoms. The van der Waals surface area contributed by atoms with Crippen molar-refractivity contribution in [2.24, 2.45) is 29.6 Å². The van der Waals surface area contributed by atoms with E-state index in [2.05, 4.69) is 17.6 Å². The molecule has 5 rings (SSSR count). The van der Waals surface area contributed by atoms with Gasteiger partial charge in [-0.2, -0.15) is 0 Å². The number of carboxylic acid groups (broad SMARTS) is 1. The van der Waals surface area contributed by atoms with Crippen molar-refractivity contribution in [2.75, 3.05) is 6.54 Å². The van der Waals surface area contributed by atoms with Gasteiger partial charge in [-0.25, -0.2) is 14.6 Å². The summed E-state index contributed by atoms with van der Waals surface area (Å²) >= 11 is 0. The van der Waals surface area contributed by atoms with Crippen LogP contribution in [0.3, 0.4) is 0 Å². The highest BCUT2D eigenvalue weighted by Crippen LogP contribution is 2.60. The maximum Gasteiger partial charge on any atom is 0.326 e. The summed E-state index contributed by atoms with van der Waals surface area (Å²) in [6, 6.07) is -0.930. The number of carboxylic acids is 1. The molecule has 1 aliphatic carbocycles. The third-order valence-electron chi connectivity index (χ3n) is 9.14. The number of carbonyl (C=O) groups is 4. The molecular formula is C29H46N2O10. The minimum absolute atomic E-state index is 0.0274. The number of esters is 1. The van der Waals surface area contributed by atoms with Crippen LogP contribution in [0.25, 0.3) is 0 Å². The molecule has 5 fully saturated rings. The fourth-order valence-corrected chi connectivity index (χ4v) is 6.94. The highest BCUT2D eigenvalue weighted by Gasteiger charge is 2.69. The van der Waals surface area contributed by atoms with E-state index >= 15 is 0 Å². The van der Waals surface area contributed by atoms with Gasteiger partial charge in [-0.3, -0.25) is 14.4 Å². The van der Waals surface area contributed by atoms with E-state index in [1.54, 1.807) is 0 Å². The van der Waals surface area contributed by atoms with Crippen LogP contribution >= 0.6 is 0 Å². The lowest BCUT2D eigenvalue weighted by molar-refractivity contribution is -0.576. The van der Waals surface area contributed by atoms with E-state index < -0.39 is 41.9 Å². The van der Waals surface area contributed by atoms with Gasteiger partial charge in [-0.05, 0) is 56.8 Å². The first-order valence-corrected chi connectivity index (χ1v) is 15.0. The van der Waals surface area contributed by atoms with Crippen molar-refractivity contribution in [3.05, 3.63) is 0 Å². The van der Waals surface area contributed by atoms with Crippen molar-refractivity contribution >= 4 is 23.8 Å². The smallest absolute Gasteiger partial charge is 0.326 e. The predicted molar refractivity (Wildman–Crippen MR) is 143 cm³/mol. The monoisotopic (exact) mass is 582 g/mol. The first-order valence-electron chi connectivity index (χ1n) is 15.0. The number of amides is 2. The average molecular weight is 583 g/mol. The highest BCUT2D eigenvalue weighted by molar-refractivity contribution is 5.83. The third kappa shape index (κ3) is 7.03. The minimum Gasteiger partial charge on any atom is -0.480 e. The SMILES string of the molecule is CC(C)C[C@H](NC(=O)CCCNC(=O)CCC(=O)O[C@@H]1O[C@H]2O[C@]3(C)CC[C@H]4[C@H](C)CC[C@@H]([C@@H]1C)[C@@]24OO3)C(=O)O. The van der Waals surface area contributed by atoms with Gasteiger partial charge in [0, 0.05) is 37.6 Å². The molecule has 0 aromatic rings. The van der Waals surface area contributed by atoms with E-state index in [1.807, 2.05) is 27.7 Å². The number of aliphatic carboxylic acids is 1. The Morgan fingerprint density at radius 3 is 2.46 bits per heavy atom. The van der Waals surface area contributed by atoms with Gasteiger partial charge in [-0.15, -0.1) is 0 Å². The van der Waals surface area contributed by atoms with Crippen LogP contribution in [0.15, 0.2) is 0 Å². The van der Waals surface area contributed by atoms with E-state index in [9.17, 15) is 24.3 Å². The van der Waals surface area contributed by atoms with E-state index in [4.69, 9.17) is 24.0 Å². The molecule has 12 heteroatoms. The molecule has 2 amide bonds. The summed E-state index contributed by atoms with van der Waals surface area (Å²) in [6.45, 7) is 10.1. The summed E-state index contributed by atoms with van der Waals surface area (Å²) in [5.41, 5.74) is -0.740. The fourth-order valence-electron chi connectivity index (χ4n) is 6.94. The summed E-state index contributed by atoms with van der Waals surface area (Å²) in [4.78, 5) is 60.3. The van der Waals surface area contributed by atoms with Crippen LogP contribution in [0, 0.1) is 29.6 Å². The van der Waals surface area contributed by atoms with E-state index in [0.29, 0.717) is 25.2 Å². The summed E-state index contributed by atoms with van der Waals surface area (Å²) in [7, 11) is 0. The Balaban J connectivity index is 1.21. The van der Waals surface area contributed by atoms with Crippen LogP contribution in [0.4, 0.5) is 0 Å². The molecule has 4 saturated heterocycles. The Hall–Kier alpha value is -2.28. The molecular weight excluding hydrogens is 536 g/mol. The van der Waals surface area contributed by atoms with Crippen LogP contribution in [-0.2, 0) is 43.2 Å². The lowest BCUT2D eigenvalue weighted by Crippen LogP contribution is -2.70. The van der Waals surface area contributed by atoms with E-state index in [-0.39, 0.29) is 61.3 Å². The predicted octanol–water partition coefficient (Wildman–Crippen LogP) is 3.03. The van der Waals surface area contributed by atoms with Gasteiger partial charge in [0.25, 0.3) is 0 Å². The van der Waals surface area contributed by atoms with Gasteiger partial charge in [0.05, 0.1) is 6.42 Å². The molecule has 5 aliphatic rings. The third-order valence-corrected chi connectivity index (χ3v) is 9.14. The number of ether oxygens (including phenoxy) is 3. The first kappa shape index (κ1) is 31.7. The van der Waals surface area contributed by atoms with Crippen molar-refractivity contribution in [1.29, 1.82) is 0 Å². The van der Waals surface area contributed by atoms with Crippen molar-refractivity contribution in [3.63, 3.8) is 0 Å². The lowest BCUT2D eigenvalue weighted by atomic mass is 9.58. The quantitative estimate of drug-likeness (QED) is 0.177. The maximum absolute atomic E-state index is 12.7. The van der Waals surface area contributed by atoms with Gasteiger partial charge in [0.2, 0.25) is 23.9 Å². The fraction of sp³-hybridized carbons (Fsp3) is 0.862. The molecule has 4 heterocycles. The zero-order valence-electron chi connectivity index (χ0n) is 24.8. The topological polar surface area (TPSA) is 159 Å². The number of carbonyl (C=O) groups excluding carboxylic acids is 3. The van der Waals surface area contributed by atoms with Crippen LogP contribution in [0.5, 0.6) is 0 Å². The van der Waals surface area contributed by atoms with Gasteiger partial charge < -0.3 is 30.0 Å². The second kappa shape index (κ2) is 12.9. The summed E-state index contributed by atoms with van der Waals surface area (Å²) in [5, 5.41) is 14.5. The number of fused-ring (bicyclic) bond motifs is 2. The molecule has 232 valence electrons. The van der Waals surface area contributed by atoms with E-state index in [1.165, 1.54) is 0 Å². The van der Waals surface area contributed by atoms with Gasteiger partial charge in [-0.1, -0.05) is 27.7 Å². The van der Waals surface area contributed by atoms with Crippen molar-refractivity contribution in [1.82, 2.24) is 10.6 Å². The van der Waals surface area contributed by atoms with Crippen molar-refractivity contribution in [2.45, 2.75) is 122 Å². The number of hydrogen-bond donors (Lipinski definition) is 3.